The second kappa shape index (κ2) is 6.71. The quantitative estimate of drug-likeness (QED) is 0.838. The summed E-state index contributed by atoms with van der Waals surface area (Å²) in [6, 6.07) is 1.16. The Hall–Kier alpha value is -1.89. The Kier molecular flexibility index (Phi) is 4.95. The number of carbonyl (C=O) groups excluding carboxylic acids is 1. The Labute approximate surface area is 123 Å². The lowest BCUT2D eigenvalue weighted by Crippen LogP contribution is -2.45. The van der Waals surface area contributed by atoms with Crippen molar-refractivity contribution < 1.29 is 19.2 Å². The van der Waals surface area contributed by atoms with Crippen LogP contribution in [0.15, 0.2) is 10.6 Å². The van der Waals surface area contributed by atoms with E-state index in [0.29, 0.717) is 23.9 Å². The van der Waals surface area contributed by atoms with Gasteiger partial charge in [0.15, 0.2) is 5.69 Å². The second-order valence-electron chi connectivity index (χ2n) is 5.53. The third-order valence-electron chi connectivity index (χ3n) is 3.97. The van der Waals surface area contributed by atoms with Crippen LogP contribution in [0.3, 0.4) is 0 Å². The molecule has 0 radical (unpaired) electrons. The minimum Gasteiger partial charge on any atom is -0.480 e. The topological polar surface area (TPSA) is 95.7 Å². The van der Waals surface area contributed by atoms with E-state index in [1.807, 2.05) is 4.90 Å². The van der Waals surface area contributed by atoms with Crippen molar-refractivity contribution in [3.8, 4) is 0 Å². The highest BCUT2D eigenvalue weighted by molar-refractivity contribution is 5.92. The van der Waals surface area contributed by atoms with Gasteiger partial charge in [-0.15, -0.1) is 0 Å². The van der Waals surface area contributed by atoms with Gasteiger partial charge in [-0.25, -0.2) is 0 Å². The van der Waals surface area contributed by atoms with E-state index < -0.39 is 12.0 Å². The molecular formula is C14H21N3O4. The summed E-state index contributed by atoms with van der Waals surface area (Å²) < 4.78 is 4.87. The summed E-state index contributed by atoms with van der Waals surface area (Å²) in [6.45, 7) is 5.52. The van der Waals surface area contributed by atoms with Gasteiger partial charge < -0.3 is 14.9 Å². The molecular weight excluding hydrogens is 274 g/mol. The van der Waals surface area contributed by atoms with Crippen LogP contribution in [-0.4, -0.2) is 52.7 Å². The van der Waals surface area contributed by atoms with Gasteiger partial charge in [0.2, 0.25) is 0 Å². The molecule has 1 fully saturated rings. The third kappa shape index (κ3) is 4.04. The molecule has 2 heterocycles. The number of aliphatic carboxylic acids is 1. The van der Waals surface area contributed by atoms with Gasteiger partial charge in [-0.2, -0.15) is 0 Å². The summed E-state index contributed by atoms with van der Waals surface area (Å²) in [5, 5.41) is 15.5. The number of nitrogens with one attached hydrogen (secondary N) is 1. The van der Waals surface area contributed by atoms with Crippen molar-refractivity contribution >= 4 is 11.9 Å². The first-order valence-corrected chi connectivity index (χ1v) is 7.15. The molecule has 116 valence electrons. The molecule has 21 heavy (non-hydrogen) atoms. The van der Waals surface area contributed by atoms with Crippen molar-refractivity contribution in [1.82, 2.24) is 15.4 Å². The van der Waals surface area contributed by atoms with Gasteiger partial charge in [0.25, 0.3) is 5.91 Å². The number of hydrogen-bond acceptors (Lipinski definition) is 5. The lowest BCUT2D eigenvalue weighted by atomic mass is 9.96. The summed E-state index contributed by atoms with van der Waals surface area (Å²) in [4.78, 5) is 24.7. The van der Waals surface area contributed by atoms with Gasteiger partial charge in [0, 0.05) is 12.6 Å². The molecule has 0 spiro atoms. The SMILES string of the molecule is Cc1cc(C(=O)NCC2CCN(C(C)C(=O)O)CC2)no1. The molecule has 0 aliphatic carbocycles. The smallest absolute Gasteiger partial charge is 0.320 e. The number of aryl methyl sites for hydroxylation is 1. The lowest BCUT2D eigenvalue weighted by molar-refractivity contribution is -0.143. The molecule has 1 aromatic heterocycles. The summed E-state index contributed by atoms with van der Waals surface area (Å²) in [5.74, 6) is -0.0355. The maximum atomic E-state index is 11.8. The fourth-order valence-electron chi connectivity index (χ4n) is 2.50. The van der Waals surface area contributed by atoms with Gasteiger partial charge in [0.05, 0.1) is 0 Å². The first kappa shape index (κ1) is 15.5. The molecule has 1 saturated heterocycles. The maximum absolute atomic E-state index is 11.8. The first-order chi connectivity index (χ1) is 9.97. The van der Waals surface area contributed by atoms with Crippen molar-refractivity contribution in [2.75, 3.05) is 19.6 Å². The minimum absolute atomic E-state index is 0.229. The van der Waals surface area contributed by atoms with Crippen LogP contribution >= 0.6 is 0 Å². The number of aromatic nitrogens is 1. The standard InChI is InChI=1S/C14H21N3O4/c1-9-7-12(16-21-9)13(18)15-8-11-3-5-17(6-4-11)10(2)14(19)20/h7,10-11H,3-6,8H2,1-2H3,(H,15,18)(H,19,20). The molecule has 0 saturated carbocycles. The summed E-state index contributed by atoms with van der Waals surface area (Å²) in [6.07, 6.45) is 1.77. The molecule has 7 nitrogen and oxygen atoms in total. The Balaban J connectivity index is 1.74. The fraction of sp³-hybridized carbons (Fsp3) is 0.643. The number of rotatable bonds is 5. The lowest BCUT2D eigenvalue weighted by Gasteiger charge is -2.34. The van der Waals surface area contributed by atoms with E-state index in [0.717, 1.165) is 25.9 Å². The summed E-state index contributed by atoms with van der Waals surface area (Å²) in [7, 11) is 0. The highest BCUT2D eigenvalue weighted by Crippen LogP contribution is 2.18. The van der Waals surface area contributed by atoms with Crippen LogP contribution in [0.4, 0.5) is 0 Å². The van der Waals surface area contributed by atoms with Crippen LogP contribution in [0, 0.1) is 12.8 Å². The first-order valence-electron chi connectivity index (χ1n) is 7.15. The zero-order chi connectivity index (χ0) is 15.4. The van der Waals surface area contributed by atoms with Crippen LogP contribution < -0.4 is 5.32 Å². The summed E-state index contributed by atoms with van der Waals surface area (Å²) >= 11 is 0. The second-order valence-corrected chi connectivity index (χ2v) is 5.53. The molecule has 7 heteroatoms. The Morgan fingerprint density at radius 3 is 2.71 bits per heavy atom. The zero-order valence-corrected chi connectivity index (χ0v) is 12.3. The van der Waals surface area contributed by atoms with Crippen molar-refractivity contribution in [2.45, 2.75) is 32.7 Å². The van der Waals surface area contributed by atoms with E-state index in [4.69, 9.17) is 9.63 Å². The average Bonchev–Trinajstić information content (AvgIpc) is 2.91. The molecule has 1 amide bonds. The van der Waals surface area contributed by atoms with Crippen LogP contribution in [0.25, 0.3) is 0 Å². The minimum atomic E-state index is -0.789. The number of likely N-dealkylation sites (tertiary alicyclic amines) is 1. The van der Waals surface area contributed by atoms with E-state index in [1.54, 1.807) is 19.9 Å². The number of piperidine rings is 1. The van der Waals surface area contributed by atoms with Gasteiger partial charge in [-0.3, -0.25) is 14.5 Å². The number of amides is 1. The van der Waals surface area contributed by atoms with E-state index in [2.05, 4.69) is 10.5 Å². The number of hydrogen-bond donors (Lipinski definition) is 2. The van der Waals surface area contributed by atoms with Gasteiger partial charge in [-0.05, 0) is 45.7 Å². The van der Waals surface area contributed by atoms with Crippen LogP contribution in [-0.2, 0) is 4.79 Å². The number of carboxylic acids is 1. The third-order valence-corrected chi connectivity index (χ3v) is 3.97. The normalized spacial score (nSPS) is 18.4. The molecule has 1 aliphatic heterocycles. The fourth-order valence-corrected chi connectivity index (χ4v) is 2.50. The molecule has 0 aromatic carbocycles. The largest absolute Gasteiger partial charge is 0.480 e. The Bertz CT molecular complexity index is 506. The van der Waals surface area contributed by atoms with Crippen molar-refractivity contribution in [3.05, 3.63) is 17.5 Å². The molecule has 1 unspecified atom stereocenters. The number of carboxylic acid groups (broad SMARTS) is 1. The van der Waals surface area contributed by atoms with E-state index in [1.165, 1.54) is 0 Å². The summed E-state index contributed by atoms with van der Waals surface area (Å²) in [5.41, 5.74) is 0.296. The van der Waals surface area contributed by atoms with Crippen molar-refractivity contribution in [2.24, 2.45) is 5.92 Å². The highest BCUT2D eigenvalue weighted by Gasteiger charge is 2.26. The Morgan fingerprint density at radius 1 is 1.52 bits per heavy atom. The monoisotopic (exact) mass is 295 g/mol. The molecule has 2 rings (SSSR count). The van der Waals surface area contributed by atoms with Gasteiger partial charge in [0.1, 0.15) is 11.8 Å². The van der Waals surface area contributed by atoms with Crippen molar-refractivity contribution in [1.29, 1.82) is 0 Å². The van der Waals surface area contributed by atoms with E-state index >= 15 is 0 Å². The number of nitrogens with zero attached hydrogens (tertiary/aromatic N) is 2. The number of carbonyl (C=O) groups is 2. The highest BCUT2D eigenvalue weighted by atomic mass is 16.5. The van der Waals surface area contributed by atoms with Crippen molar-refractivity contribution in [3.63, 3.8) is 0 Å². The molecule has 2 N–H and O–H groups in total. The van der Waals surface area contributed by atoms with Crippen LogP contribution in [0.1, 0.15) is 36.0 Å². The van der Waals surface area contributed by atoms with E-state index in [-0.39, 0.29) is 5.91 Å². The van der Waals surface area contributed by atoms with Crippen LogP contribution in [0.2, 0.25) is 0 Å². The van der Waals surface area contributed by atoms with Gasteiger partial charge in [-0.1, -0.05) is 5.16 Å². The molecule has 1 atom stereocenters. The van der Waals surface area contributed by atoms with E-state index in [9.17, 15) is 9.59 Å². The Morgan fingerprint density at radius 2 is 2.19 bits per heavy atom. The molecule has 1 aromatic rings. The predicted molar refractivity (Wildman–Crippen MR) is 75.0 cm³/mol. The zero-order valence-electron chi connectivity index (χ0n) is 12.3. The van der Waals surface area contributed by atoms with Crippen LogP contribution in [0.5, 0.6) is 0 Å². The molecule has 1 aliphatic rings. The van der Waals surface area contributed by atoms with Gasteiger partial charge >= 0.3 is 5.97 Å². The predicted octanol–water partition coefficient (Wildman–Crippen LogP) is 0.898. The maximum Gasteiger partial charge on any atom is 0.320 e. The average molecular weight is 295 g/mol. The molecule has 0 bridgehead atoms.